The molecule has 5 nitrogen and oxygen atoms in total. The van der Waals surface area contributed by atoms with E-state index in [0.29, 0.717) is 5.92 Å². The molecular formula is C26H26N4O. The van der Waals surface area contributed by atoms with Crippen LogP contribution in [-0.2, 0) is 11.2 Å². The highest BCUT2D eigenvalue weighted by Gasteiger charge is 2.34. The van der Waals surface area contributed by atoms with E-state index in [4.69, 9.17) is 4.98 Å². The van der Waals surface area contributed by atoms with Gasteiger partial charge in [-0.3, -0.25) is 9.78 Å². The Hall–Kier alpha value is -3.47. The van der Waals surface area contributed by atoms with Gasteiger partial charge in [-0.05, 0) is 56.4 Å². The van der Waals surface area contributed by atoms with E-state index in [1.807, 2.05) is 24.3 Å². The zero-order valence-electron chi connectivity index (χ0n) is 17.9. The number of nitrogens with zero attached hydrogens (tertiary/aromatic N) is 3. The zero-order valence-corrected chi connectivity index (χ0v) is 17.9. The van der Waals surface area contributed by atoms with Gasteiger partial charge in [0, 0.05) is 18.0 Å². The molecule has 1 aliphatic carbocycles. The third-order valence-electron chi connectivity index (χ3n) is 5.93. The number of nitrogens with one attached hydrogen (secondary N) is 1. The molecule has 5 heteroatoms. The fourth-order valence-electron chi connectivity index (χ4n) is 4.11. The number of amides is 1. The maximum atomic E-state index is 13.2. The largest absolute Gasteiger partial charge is 0.347 e. The van der Waals surface area contributed by atoms with Crippen molar-refractivity contribution in [1.82, 2.24) is 19.7 Å². The predicted molar refractivity (Wildman–Crippen MR) is 122 cm³/mol. The van der Waals surface area contributed by atoms with Crippen molar-refractivity contribution in [3.63, 3.8) is 0 Å². The lowest BCUT2D eigenvalue weighted by Gasteiger charge is -2.18. The molecule has 1 fully saturated rings. The molecule has 5 rings (SSSR count). The SMILES string of the molecule is Cc1ccc(-c2nc3ccc(C)cn3c2CC(=O)NC(c2ccccn2)C2CC2)cc1. The monoisotopic (exact) mass is 410 g/mol. The number of aromatic nitrogens is 3. The maximum absolute atomic E-state index is 13.2. The van der Waals surface area contributed by atoms with Gasteiger partial charge in [0.25, 0.3) is 0 Å². The number of rotatable bonds is 6. The average Bonchev–Trinajstić information content (AvgIpc) is 3.56. The Kier molecular flexibility index (Phi) is 5.02. The van der Waals surface area contributed by atoms with Crippen molar-refractivity contribution in [3.05, 3.63) is 89.5 Å². The molecule has 1 aliphatic rings. The topological polar surface area (TPSA) is 59.3 Å². The van der Waals surface area contributed by atoms with Gasteiger partial charge in [0.15, 0.2) is 0 Å². The first-order chi connectivity index (χ1) is 15.1. The highest BCUT2D eigenvalue weighted by atomic mass is 16.1. The van der Waals surface area contributed by atoms with Crippen LogP contribution in [0.1, 0.15) is 41.4 Å². The number of aryl methyl sites for hydroxylation is 2. The summed E-state index contributed by atoms with van der Waals surface area (Å²) >= 11 is 0. The van der Waals surface area contributed by atoms with Crippen LogP contribution in [-0.4, -0.2) is 20.3 Å². The van der Waals surface area contributed by atoms with Gasteiger partial charge in [-0.2, -0.15) is 0 Å². The number of imidazole rings is 1. The van der Waals surface area contributed by atoms with E-state index in [1.165, 1.54) is 5.56 Å². The van der Waals surface area contributed by atoms with Gasteiger partial charge in [0.05, 0.1) is 29.5 Å². The molecule has 0 bridgehead atoms. The molecule has 3 heterocycles. The van der Waals surface area contributed by atoms with Crippen LogP contribution in [0.5, 0.6) is 0 Å². The first kappa shape index (κ1) is 19.5. The minimum atomic E-state index is -0.0301. The summed E-state index contributed by atoms with van der Waals surface area (Å²) in [4.78, 5) is 22.6. The molecule has 0 radical (unpaired) electrons. The summed E-state index contributed by atoms with van der Waals surface area (Å²) in [5, 5.41) is 3.26. The number of hydrogen-bond acceptors (Lipinski definition) is 3. The summed E-state index contributed by atoms with van der Waals surface area (Å²) < 4.78 is 2.05. The van der Waals surface area contributed by atoms with Crippen molar-refractivity contribution in [2.24, 2.45) is 5.92 Å². The molecule has 1 saturated carbocycles. The van der Waals surface area contributed by atoms with Gasteiger partial charge in [-0.1, -0.05) is 42.0 Å². The minimum Gasteiger partial charge on any atom is -0.347 e. The van der Waals surface area contributed by atoms with Crippen LogP contribution >= 0.6 is 0 Å². The van der Waals surface area contributed by atoms with Gasteiger partial charge >= 0.3 is 0 Å². The second kappa shape index (κ2) is 7.99. The van der Waals surface area contributed by atoms with Gasteiger partial charge in [0.1, 0.15) is 5.65 Å². The molecule has 1 unspecified atom stereocenters. The van der Waals surface area contributed by atoms with Crippen LogP contribution in [0.15, 0.2) is 67.0 Å². The molecule has 0 spiro atoms. The van der Waals surface area contributed by atoms with Crippen LogP contribution in [0, 0.1) is 19.8 Å². The Morgan fingerprint density at radius 1 is 1.06 bits per heavy atom. The van der Waals surface area contributed by atoms with Crippen LogP contribution in [0.25, 0.3) is 16.9 Å². The molecular weight excluding hydrogens is 384 g/mol. The van der Waals surface area contributed by atoms with E-state index >= 15 is 0 Å². The van der Waals surface area contributed by atoms with Gasteiger partial charge in [-0.15, -0.1) is 0 Å². The summed E-state index contributed by atoms with van der Waals surface area (Å²) in [6, 6.07) is 18.2. The molecule has 1 aromatic carbocycles. The summed E-state index contributed by atoms with van der Waals surface area (Å²) in [5.74, 6) is 0.471. The Morgan fingerprint density at radius 2 is 1.84 bits per heavy atom. The van der Waals surface area contributed by atoms with Crippen LogP contribution in [0.3, 0.4) is 0 Å². The normalized spacial score (nSPS) is 14.5. The zero-order chi connectivity index (χ0) is 21.4. The second-order valence-electron chi connectivity index (χ2n) is 8.52. The molecule has 4 aromatic rings. The van der Waals surface area contributed by atoms with Crippen molar-refractivity contribution in [1.29, 1.82) is 0 Å². The minimum absolute atomic E-state index is 0.000721. The maximum Gasteiger partial charge on any atom is 0.226 e. The number of carbonyl (C=O) groups excluding carboxylic acids is 1. The average molecular weight is 411 g/mol. The first-order valence-corrected chi connectivity index (χ1v) is 10.8. The fraction of sp³-hybridized carbons (Fsp3) is 0.269. The number of hydrogen-bond donors (Lipinski definition) is 1. The van der Waals surface area contributed by atoms with Gasteiger partial charge < -0.3 is 9.72 Å². The molecule has 1 amide bonds. The van der Waals surface area contributed by atoms with Crippen molar-refractivity contribution in [2.75, 3.05) is 0 Å². The van der Waals surface area contributed by atoms with Crippen molar-refractivity contribution in [3.8, 4) is 11.3 Å². The van der Waals surface area contributed by atoms with E-state index < -0.39 is 0 Å². The standard InChI is InChI=1S/C26H26N4O/c1-17-6-9-20(10-7-17)26-22(30-16-18(2)8-13-23(30)28-26)15-24(31)29-25(19-11-12-19)21-5-3-4-14-27-21/h3-10,13-14,16,19,25H,11-12,15H2,1-2H3,(H,29,31). The van der Waals surface area contributed by atoms with Crippen molar-refractivity contribution >= 4 is 11.6 Å². The molecule has 0 aliphatic heterocycles. The number of pyridine rings is 2. The van der Waals surface area contributed by atoms with Gasteiger partial charge in [-0.25, -0.2) is 4.98 Å². The van der Waals surface area contributed by atoms with E-state index in [9.17, 15) is 4.79 Å². The van der Waals surface area contributed by atoms with Crippen LogP contribution in [0.4, 0.5) is 0 Å². The Bertz CT molecular complexity index is 1220. The van der Waals surface area contributed by atoms with Crippen LogP contribution in [0.2, 0.25) is 0 Å². The van der Waals surface area contributed by atoms with Crippen molar-refractivity contribution < 1.29 is 4.79 Å². The van der Waals surface area contributed by atoms with E-state index in [2.05, 4.69) is 65.1 Å². The second-order valence-corrected chi connectivity index (χ2v) is 8.52. The Labute approximate surface area is 182 Å². The van der Waals surface area contributed by atoms with Crippen LogP contribution < -0.4 is 5.32 Å². The highest BCUT2D eigenvalue weighted by molar-refractivity contribution is 5.82. The fourth-order valence-corrected chi connectivity index (χ4v) is 4.11. The number of benzene rings is 1. The molecule has 1 atom stereocenters. The predicted octanol–water partition coefficient (Wildman–Crippen LogP) is 4.82. The third kappa shape index (κ3) is 4.08. The van der Waals surface area contributed by atoms with E-state index in [-0.39, 0.29) is 18.4 Å². The van der Waals surface area contributed by atoms with E-state index in [0.717, 1.165) is 46.7 Å². The smallest absolute Gasteiger partial charge is 0.226 e. The molecule has 156 valence electrons. The molecule has 3 aromatic heterocycles. The van der Waals surface area contributed by atoms with Crippen molar-refractivity contribution in [2.45, 2.75) is 39.2 Å². The third-order valence-corrected chi connectivity index (χ3v) is 5.93. The quantitative estimate of drug-likeness (QED) is 0.496. The molecule has 1 N–H and O–H groups in total. The summed E-state index contributed by atoms with van der Waals surface area (Å²) in [5.41, 5.74) is 6.92. The molecule has 0 saturated heterocycles. The number of carbonyl (C=O) groups is 1. The first-order valence-electron chi connectivity index (χ1n) is 10.8. The number of fused-ring (bicyclic) bond motifs is 1. The summed E-state index contributed by atoms with van der Waals surface area (Å²) in [6.07, 6.45) is 6.37. The summed E-state index contributed by atoms with van der Waals surface area (Å²) in [7, 11) is 0. The Morgan fingerprint density at radius 3 is 2.55 bits per heavy atom. The lowest BCUT2D eigenvalue weighted by atomic mass is 10.1. The van der Waals surface area contributed by atoms with E-state index in [1.54, 1.807) is 6.20 Å². The molecule has 31 heavy (non-hydrogen) atoms. The Balaban J connectivity index is 1.48. The summed E-state index contributed by atoms with van der Waals surface area (Å²) in [6.45, 7) is 4.12. The lowest BCUT2D eigenvalue weighted by Crippen LogP contribution is -2.32. The lowest BCUT2D eigenvalue weighted by molar-refractivity contribution is -0.121. The highest BCUT2D eigenvalue weighted by Crippen LogP contribution is 2.40. The van der Waals surface area contributed by atoms with Gasteiger partial charge in [0.2, 0.25) is 5.91 Å².